The van der Waals surface area contributed by atoms with Gasteiger partial charge in [0, 0.05) is 32.9 Å². The van der Waals surface area contributed by atoms with Crippen molar-refractivity contribution in [3.63, 3.8) is 0 Å². The van der Waals surface area contributed by atoms with E-state index in [1.165, 1.54) is 5.69 Å². The largest absolute Gasteiger partial charge is 0.357 e. The minimum Gasteiger partial charge on any atom is -0.357 e. The van der Waals surface area contributed by atoms with Gasteiger partial charge < -0.3 is 19.5 Å². The zero-order valence-corrected chi connectivity index (χ0v) is 12.2. The number of rotatable bonds is 6. The van der Waals surface area contributed by atoms with Gasteiger partial charge in [0.25, 0.3) is 0 Å². The maximum atomic E-state index is 4.74. The van der Waals surface area contributed by atoms with E-state index in [-0.39, 0.29) is 0 Å². The Kier molecular flexibility index (Phi) is 4.39. The molecule has 0 aliphatic rings. The molecular formula is C14H23N5. The van der Waals surface area contributed by atoms with Crippen molar-refractivity contribution in [2.75, 3.05) is 46.2 Å². The second kappa shape index (κ2) is 6.04. The topological polar surface area (TPSA) is 35.8 Å². The van der Waals surface area contributed by atoms with Crippen LogP contribution in [0.1, 0.15) is 5.69 Å². The first-order valence-electron chi connectivity index (χ1n) is 6.60. The van der Waals surface area contributed by atoms with E-state index in [1.807, 2.05) is 25.2 Å². The highest BCUT2D eigenvalue weighted by Gasteiger charge is 2.14. The van der Waals surface area contributed by atoms with Crippen LogP contribution < -0.4 is 10.2 Å². The summed E-state index contributed by atoms with van der Waals surface area (Å²) in [6.45, 7) is 2.80. The molecule has 0 atom stereocenters. The van der Waals surface area contributed by atoms with E-state index < -0.39 is 0 Å². The molecule has 0 spiro atoms. The van der Waals surface area contributed by atoms with E-state index in [0.29, 0.717) is 0 Å². The number of nitrogens with one attached hydrogen (secondary N) is 1. The van der Waals surface area contributed by atoms with Crippen LogP contribution in [0.25, 0.3) is 5.65 Å². The number of hydrogen-bond acceptors (Lipinski definition) is 4. The van der Waals surface area contributed by atoms with E-state index in [2.05, 4.69) is 46.9 Å². The minimum atomic E-state index is 0.812. The highest BCUT2D eigenvalue weighted by molar-refractivity contribution is 5.55. The average molecular weight is 261 g/mol. The third-order valence-electron chi connectivity index (χ3n) is 3.20. The highest BCUT2D eigenvalue weighted by Crippen LogP contribution is 2.20. The van der Waals surface area contributed by atoms with Crippen molar-refractivity contribution in [1.82, 2.24) is 19.6 Å². The lowest BCUT2D eigenvalue weighted by Crippen LogP contribution is -2.29. The molecule has 5 heteroatoms. The van der Waals surface area contributed by atoms with Crippen molar-refractivity contribution in [1.29, 1.82) is 0 Å². The predicted molar refractivity (Wildman–Crippen MR) is 79.8 cm³/mol. The van der Waals surface area contributed by atoms with Crippen LogP contribution in [0.15, 0.2) is 24.4 Å². The second-order valence-corrected chi connectivity index (χ2v) is 5.07. The van der Waals surface area contributed by atoms with E-state index >= 15 is 0 Å². The molecule has 0 fully saturated rings. The molecule has 2 rings (SSSR count). The zero-order chi connectivity index (χ0) is 13.8. The fourth-order valence-corrected chi connectivity index (χ4v) is 2.13. The standard InChI is InChI=1S/C14H23N5/c1-15-11-12-14(18(4)10-9-17(2)3)16-13-7-5-6-8-19(12)13/h5-8,15H,9-11H2,1-4H3. The van der Waals surface area contributed by atoms with Crippen molar-refractivity contribution in [2.45, 2.75) is 6.54 Å². The Morgan fingerprint density at radius 1 is 1.21 bits per heavy atom. The van der Waals surface area contributed by atoms with Crippen LogP contribution in [-0.4, -0.2) is 55.6 Å². The summed E-state index contributed by atoms with van der Waals surface area (Å²) in [4.78, 5) is 9.15. The highest BCUT2D eigenvalue weighted by atomic mass is 15.2. The van der Waals surface area contributed by atoms with Gasteiger partial charge in [0.1, 0.15) is 5.65 Å². The summed E-state index contributed by atoms with van der Waals surface area (Å²) in [5.74, 6) is 1.06. The number of imidazole rings is 1. The van der Waals surface area contributed by atoms with Crippen LogP contribution in [0.2, 0.25) is 0 Å². The first kappa shape index (κ1) is 13.8. The van der Waals surface area contributed by atoms with Crippen molar-refractivity contribution >= 4 is 11.5 Å². The molecule has 0 saturated carbocycles. The smallest absolute Gasteiger partial charge is 0.152 e. The Bertz CT molecular complexity index is 532. The molecule has 2 aromatic rings. The maximum Gasteiger partial charge on any atom is 0.152 e. The Morgan fingerprint density at radius 3 is 2.68 bits per heavy atom. The summed E-state index contributed by atoms with van der Waals surface area (Å²) in [6, 6.07) is 6.11. The molecule has 0 aliphatic heterocycles. The average Bonchev–Trinajstić information content (AvgIpc) is 2.76. The molecule has 0 bridgehead atoms. The van der Waals surface area contributed by atoms with Crippen LogP contribution in [0.5, 0.6) is 0 Å². The maximum absolute atomic E-state index is 4.74. The zero-order valence-electron chi connectivity index (χ0n) is 12.2. The number of hydrogen-bond donors (Lipinski definition) is 1. The molecule has 19 heavy (non-hydrogen) atoms. The lowest BCUT2D eigenvalue weighted by atomic mass is 10.3. The molecule has 1 N–H and O–H groups in total. The van der Waals surface area contributed by atoms with Gasteiger partial charge in [-0.1, -0.05) is 6.07 Å². The second-order valence-electron chi connectivity index (χ2n) is 5.07. The lowest BCUT2D eigenvalue weighted by Gasteiger charge is -2.20. The molecule has 0 unspecified atom stereocenters. The first-order chi connectivity index (χ1) is 9.13. The van der Waals surface area contributed by atoms with Crippen LogP contribution in [-0.2, 0) is 6.54 Å². The number of anilines is 1. The number of nitrogens with zero attached hydrogens (tertiary/aromatic N) is 4. The third kappa shape index (κ3) is 3.05. The number of likely N-dealkylation sites (N-methyl/N-ethyl adjacent to an activating group) is 2. The van der Waals surface area contributed by atoms with Gasteiger partial charge in [0.05, 0.1) is 5.69 Å². The van der Waals surface area contributed by atoms with Gasteiger partial charge in [-0.2, -0.15) is 0 Å². The number of fused-ring (bicyclic) bond motifs is 1. The molecule has 2 aromatic heterocycles. The molecule has 0 amide bonds. The van der Waals surface area contributed by atoms with Gasteiger partial charge in [-0.05, 0) is 33.3 Å². The van der Waals surface area contributed by atoms with Gasteiger partial charge in [-0.3, -0.25) is 0 Å². The molecular weight excluding hydrogens is 238 g/mol. The van der Waals surface area contributed by atoms with Crippen molar-refractivity contribution in [3.05, 3.63) is 30.1 Å². The number of aromatic nitrogens is 2. The van der Waals surface area contributed by atoms with E-state index in [0.717, 1.165) is 31.1 Å². The molecule has 2 heterocycles. The Labute approximate surface area is 114 Å². The van der Waals surface area contributed by atoms with Crippen molar-refractivity contribution < 1.29 is 0 Å². The summed E-state index contributed by atoms with van der Waals surface area (Å²) in [5, 5.41) is 3.22. The Balaban J connectivity index is 2.32. The normalized spacial score (nSPS) is 11.4. The molecule has 104 valence electrons. The van der Waals surface area contributed by atoms with Crippen molar-refractivity contribution in [2.24, 2.45) is 0 Å². The van der Waals surface area contributed by atoms with Crippen LogP contribution in [0.4, 0.5) is 5.82 Å². The van der Waals surface area contributed by atoms with Crippen LogP contribution in [0.3, 0.4) is 0 Å². The first-order valence-corrected chi connectivity index (χ1v) is 6.60. The fourth-order valence-electron chi connectivity index (χ4n) is 2.13. The number of pyridine rings is 1. The van der Waals surface area contributed by atoms with E-state index in [9.17, 15) is 0 Å². The SMILES string of the molecule is CNCc1c(N(C)CCN(C)C)nc2ccccn12. The van der Waals surface area contributed by atoms with E-state index in [4.69, 9.17) is 4.98 Å². The monoisotopic (exact) mass is 261 g/mol. The molecule has 0 aromatic carbocycles. The lowest BCUT2D eigenvalue weighted by molar-refractivity contribution is 0.416. The van der Waals surface area contributed by atoms with Crippen LogP contribution in [0, 0.1) is 0 Å². The molecule has 0 radical (unpaired) electrons. The Morgan fingerprint density at radius 2 is 2.00 bits per heavy atom. The minimum absolute atomic E-state index is 0.812. The Hall–Kier alpha value is -1.59. The predicted octanol–water partition coefficient (Wildman–Crippen LogP) is 1.05. The van der Waals surface area contributed by atoms with Gasteiger partial charge >= 0.3 is 0 Å². The summed E-state index contributed by atoms with van der Waals surface area (Å²) < 4.78 is 2.15. The van der Waals surface area contributed by atoms with Gasteiger partial charge in [-0.15, -0.1) is 0 Å². The molecule has 5 nitrogen and oxygen atoms in total. The summed E-state index contributed by atoms with van der Waals surface area (Å²) in [6.07, 6.45) is 2.07. The third-order valence-corrected chi connectivity index (χ3v) is 3.20. The molecule has 0 saturated heterocycles. The quantitative estimate of drug-likeness (QED) is 0.843. The van der Waals surface area contributed by atoms with Crippen LogP contribution >= 0.6 is 0 Å². The van der Waals surface area contributed by atoms with E-state index in [1.54, 1.807) is 0 Å². The van der Waals surface area contributed by atoms with Gasteiger partial charge in [-0.25, -0.2) is 4.98 Å². The van der Waals surface area contributed by atoms with Crippen molar-refractivity contribution in [3.8, 4) is 0 Å². The molecule has 0 aliphatic carbocycles. The summed E-state index contributed by atoms with van der Waals surface area (Å²) in [7, 11) is 8.24. The summed E-state index contributed by atoms with van der Waals surface area (Å²) >= 11 is 0. The van der Waals surface area contributed by atoms with Gasteiger partial charge in [0.2, 0.25) is 0 Å². The van der Waals surface area contributed by atoms with Gasteiger partial charge in [0.15, 0.2) is 5.82 Å². The fraction of sp³-hybridized carbons (Fsp3) is 0.500. The summed E-state index contributed by atoms with van der Waals surface area (Å²) in [5.41, 5.74) is 2.21.